The maximum atomic E-state index is 13.0. The van der Waals surface area contributed by atoms with Gasteiger partial charge in [0.1, 0.15) is 17.2 Å². The highest BCUT2D eigenvalue weighted by molar-refractivity contribution is 6.28. The number of aromatic nitrogens is 3. The summed E-state index contributed by atoms with van der Waals surface area (Å²) in [6, 6.07) is 9.00. The van der Waals surface area contributed by atoms with Crippen LogP contribution in [-0.4, -0.2) is 15.0 Å². The van der Waals surface area contributed by atoms with E-state index >= 15 is 0 Å². The molecule has 8 heteroatoms. The summed E-state index contributed by atoms with van der Waals surface area (Å²) >= 11 is 5.58. The molecule has 1 N–H and O–H groups in total. The van der Waals surface area contributed by atoms with E-state index in [1.807, 2.05) is 24.3 Å². The molecule has 0 amide bonds. The molecule has 0 aliphatic rings. The summed E-state index contributed by atoms with van der Waals surface area (Å²) in [5, 5.41) is 3.99. The zero-order valence-corrected chi connectivity index (χ0v) is 11.7. The Labute approximate surface area is 128 Å². The van der Waals surface area contributed by atoms with E-state index in [2.05, 4.69) is 20.3 Å². The molecule has 0 unspecified atom stereocenters. The van der Waals surface area contributed by atoms with Crippen LogP contribution in [0, 0.1) is 0 Å². The van der Waals surface area contributed by atoms with E-state index < -0.39 is 17.6 Å². The normalized spacial score (nSPS) is 11.6. The number of hydrogen-bond acceptors (Lipinski definition) is 4. The van der Waals surface area contributed by atoms with Gasteiger partial charge in [0.05, 0.1) is 0 Å². The van der Waals surface area contributed by atoms with Crippen LogP contribution in [0.5, 0.6) is 0 Å². The molecule has 0 fully saturated rings. The molecule has 0 saturated carbocycles. The number of halogens is 4. The second kappa shape index (κ2) is 5.42. The van der Waals surface area contributed by atoms with Gasteiger partial charge in [-0.05, 0) is 23.1 Å². The molecule has 0 saturated heterocycles. The van der Waals surface area contributed by atoms with E-state index in [9.17, 15) is 13.2 Å². The van der Waals surface area contributed by atoms with Gasteiger partial charge in [0.25, 0.3) is 0 Å². The molecule has 0 bridgehead atoms. The molecule has 0 atom stereocenters. The lowest BCUT2D eigenvalue weighted by atomic mass is 10.2. The van der Waals surface area contributed by atoms with Crippen molar-refractivity contribution in [1.29, 1.82) is 0 Å². The molecule has 4 nitrogen and oxygen atoms in total. The van der Waals surface area contributed by atoms with E-state index in [-0.39, 0.29) is 11.1 Å². The molecule has 0 aliphatic carbocycles. The van der Waals surface area contributed by atoms with Gasteiger partial charge in [-0.1, -0.05) is 24.3 Å². The highest BCUT2D eigenvalue weighted by Crippen LogP contribution is 2.34. The van der Waals surface area contributed by atoms with Crippen LogP contribution in [-0.2, 0) is 6.18 Å². The van der Waals surface area contributed by atoms with Crippen LogP contribution in [0.3, 0.4) is 0 Å². The molecule has 0 aliphatic heterocycles. The van der Waals surface area contributed by atoms with Crippen LogP contribution < -0.4 is 5.32 Å². The SMILES string of the molecule is FC(F)(F)c1cnc(Cl)nc1Nc1cc2ccccc2cn1. The Bertz CT molecular complexity index is 836. The number of rotatable bonds is 2. The first kappa shape index (κ1) is 14.5. The Morgan fingerprint density at radius 1 is 1.00 bits per heavy atom. The largest absolute Gasteiger partial charge is 0.421 e. The molecule has 0 radical (unpaired) electrons. The van der Waals surface area contributed by atoms with E-state index in [1.54, 1.807) is 12.3 Å². The van der Waals surface area contributed by atoms with E-state index in [0.717, 1.165) is 10.8 Å². The maximum absolute atomic E-state index is 13.0. The molecule has 112 valence electrons. The summed E-state index contributed by atoms with van der Waals surface area (Å²) in [5.74, 6) is -0.200. The third kappa shape index (κ3) is 2.94. The standard InChI is InChI=1S/C14H8ClF3N4/c15-13-20-7-10(14(16,17)18)12(22-13)21-11-5-8-3-1-2-4-9(8)6-19-11/h1-7H,(H,19,20,21,22). The van der Waals surface area contributed by atoms with Crippen LogP contribution in [0.2, 0.25) is 5.28 Å². The van der Waals surface area contributed by atoms with E-state index in [1.165, 1.54) is 0 Å². The highest BCUT2D eigenvalue weighted by atomic mass is 35.5. The third-order valence-corrected chi connectivity index (χ3v) is 3.12. The van der Waals surface area contributed by atoms with Gasteiger partial charge in [-0.2, -0.15) is 18.2 Å². The van der Waals surface area contributed by atoms with Crippen LogP contribution >= 0.6 is 11.6 Å². The first-order valence-electron chi connectivity index (χ1n) is 6.15. The highest BCUT2D eigenvalue weighted by Gasteiger charge is 2.35. The van der Waals surface area contributed by atoms with Crippen molar-refractivity contribution in [2.45, 2.75) is 6.18 Å². The van der Waals surface area contributed by atoms with Gasteiger partial charge in [-0.25, -0.2) is 9.97 Å². The summed E-state index contributed by atoms with van der Waals surface area (Å²) in [6.07, 6.45) is -2.39. The quantitative estimate of drug-likeness (QED) is 0.708. The smallest absolute Gasteiger partial charge is 0.324 e. The Kier molecular flexibility index (Phi) is 3.58. The second-order valence-corrected chi connectivity index (χ2v) is 4.78. The minimum absolute atomic E-state index is 0.235. The maximum Gasteiger partial charge on any atom is 0.421 e. The molecule has 3 rings (SSSR count). The van der Waals surface area contributed by atoms with Crippen molar-refractivity contribution in [2.75, 3.05) is 5.32 Å². The molecule has 2 heterocycles. The van der Waals surface area contributed by atoms with E-state index in [4.69, 9.17) is 11.6 Å². The topological polar surface area (TPSA) is 50.7 Å². The molecule has 22 heavy (non-hydrogen) atoms. The zero-order valence-electron chi connectivity index (χ0n) is 10.9. The number of nitrogens with zero attached hydrogens (tertiary/aromatic N) is 3. The number of fused-ring (bicyclic) bond motifs is 1. The Balaban J connectivity index is 2.02. The van der Waals surface area contributed by atoms with Gasteiger partial charge in [0, 0.05) is 17.8 Å². The lowest BCUT2D eigenvalue weighted by Crippen LogP contribution is -2.11. The fourth-order valence-electron chi connectivity index (χ4n) is 1.94. The molecular formula is C14H8ClF3N4. The van der Waals surface area contributed by atoms with Gasteiger partial charge in [0.15, 0.2) is 0 Å². The van der Waals surface area contributed by atoms with Crippen molar-refractivity contribution < 1.29 is 13.2 Å². The number of benzene rings is 1. The summed E-state index contributed by atoms with van der Waals surface area (Å²) in [5.41, 5.74) is -1.01. The second-order valence-electron chi connectivity index (χ2n) is 4.44. The van der Waals surface area contributed by atoms with Gasteiger partial charge in [-0.15, -0.1) is 0 Å². The molecular weight excluding hydrogens is 317 g/mol. The van der Waals surface area contributed by atoms with Crippen LogP contribution in [0.15, 0.2) is 42.7 Å². The van der Waals surface area contributed by atoms with Crippen molar-refractivity contribution in [1.82, 2.24) is 15.0 Å². The summed E-state index contributed by atoms with van der Waals surface area (Å²) in [6.45, 7) is 0. The van der Waals surface area contributed by atoms with Gasteiger partial charge in [-0.3, -0.25) is 0 Å². The van der Waals surface area contributed by atoms with Crippen LogP contribution in [0.25, 0.3) is 10.8 Å². The van der Waals surface area contributed by atoms with Crippen molar-refractivity contribution in [2.24, 2.45) is 0 Å². The predicted molar refractivity (Wildman–Crippen MR) is 77.1 cm³/mol. The molecule has 3 aromatic rings. The van der Waals surface area contributed by atoms with Crippen molar-refractivity contribution in [3.8, 4) is 0 Å². The average molecular weight is 325 g/mol. The number of nitrogens with one attached hydrogen (secondary N) is 1. The average Bonchev–Trinajstić information content (AvgIpc) is 2.46. The van der Waals surface area contributed by atoms with E-state index in [0.29, 0.717) is 6.20 Å². The first-order chi connectivity index (χ1) is 10.4. The summed E-state index contributed by atoms with van der Waals surface area (Å²) in [7, 11) is 0. The number of anilines is 2. The number of pyridine rings is 1. The van der Waals surface area contributed by atoms with Gasteiger partial charge < -0.3 is 5.32 Å². The van der Waals surface area contributed by atoms with Crippen molar-refractivity contribution in [3.63, 3.8) is 0 Å². The first-order valence-corrected chi connectivity index (χ1v) is 6.53. The fraction of sp³-hybridized carbons (Fsp3) is 0.0714. The predicted octanol–water partition coefficient (Wildman–Crippen LogP) is 4.44. The lowest BCUT2D eigenvalue weighted by molar-refractivity contribution is -0.137. The summed E-state index contributed by atoms with van der Waals surface area (Å²) in [4.78, 5) is 11.0. The Hall–Kier alpha value is -2.41. The van der Waals surface area contributed by atoms with Crippen LogP contribution in [0.4, 0.5) is 24.8 Å². The Morgan fingerprint density at radius 2 is 1.73 bits per heavy atom. The molecule has 0 spiro atoms. The Morgan fingerprint density at radius 3 is 2.45 bits per heavy atom. The van der Waals surface area contributed by atoms with Crippen molar-refractivity contribution in [3.05, 3.63) is 53.6 Å². The van der Waals surface area contributed by atoms with Gasteiger partial charge in [0.2, 0.25) is 5.28 Å². The number of alkyl halides is 3. The zero-order chi connectivity index (χ0) is 15.7. The van der Waals surface area contributed by atoms with Crippen molar-refractivity contribution >= 4 is 34.0 Å². The fourth-order valence-corrected chi connectivity index (χ4v) is 2.07. The summed E-state index contributed by atoms with van der Waals surface area (Å²) < 4.78 is 38.9. The monoisotopic (exact) mass is 324 g/mol. The minimum atomic E-state index is -4.59. The van der Waals surface area contributed by atoms with Crippen LogP contribution in [0.1, 0.15) is 5.56 Å². The lowest BCUT2D eigenvalue weighted by Gasteiger charge is -2.13. The molecule has 1 aromatic carbocycles. The van der Waals surface area contributed by atoms with Gasteiger partial charge >= 0.3 is 6.18 Å². The number of hydrogen-bond donors (Lipinski definition) is 1. The molecule has 2 aromatic heterocycles. The third-order valence-electron chi connectivity index (χ3n) is 2.94. The minimum Gasteiger partial charge on any atom is -0.324 e.